The number of thiazole rings is 1. The van der Waals surface area contributed by atoms with Gasteiger partial charge in [-0.05, 0) is 30.7 Å². The number of halogens is 2. The Balaban J connectivity index is 2.19. The number of hydrogen-bond acceptors (Lipinski definition) is 3. The molecular formula is C18H16Cl2N2O2S. The molecule has 4 nitrogen and oxygen atoms in total. The molecule has 0 N–H and O–H groups in total. The van der Waals surface area contributed by atoms with Gasteiger partial charge in [-0.1, -0.05) is 52.7 Å². The van der Waals surface area contributed by atoms with Crippen LogP contribution in [0.2, 0.25) is 10.0 Å². The van der Waals surface area contributed by atoms with Crippen LogP contribution < -0.4 is 4.80 Å². The Hall–Kier alpha value is -1.66. The third-order valence-electron chi connectivity index (χ3n) is 3.79. The van der Waals surface area contributed by atoms with Gasteiger partial charge in [-0.2, -0.15) is 4.99 Å². The lowest BCUT2D eigenvalue weighted by Crippen LogP contribution is -2.19. The monoisotopic (exact) mass is 394 g/mol. The molecule has 0 atom stereocenters. The van der Waals surface area contributed by atoms with Crippen molar-refractivity contribution in [2.75, 3.05) is 13.7 Å². The van der Waals surface area contributed by atoms with Crippen molar-refractivity contribution in [1.82, 2.24) is 4.57 Å². The smallest absolute Gasteiger partial charge is 0.279 e. The Labute approximate surface area is 159 Å². The summed E-state index contributed by atoms with van der Waals surface area (Å²) in [7, 11) is 1.63. The van der Waals surface area contributed by atoms with E-state index in [4.69, 9.17) is 27.9 Å². The molecule has 3 rings (SSSR count). The highest BCUT2D eigenvalue weighted by molar-refractivity contribution is 7.16. The number of ether oxygens (including phenoxy) is 1. The van der Waals surface area contributed by atoms with Crippen molar-refractivity contribution < 1.29 is 9.53 Å². The van der Waals surface area contributed by atoms with E-state index in [1.165, 1.54) is 11.3 Å². The zero-order valence-electron chi connectivity index (χ0n) is 13.8. The lowest BCUT2D eigenvalue weighted by molar-refractivity contribution is 0.0997. The second kappa shape index (κ2) is 7.70. The van der Waals surface area contributed by atoms with E-state index >= 15 is 0 Å². The quantitative estimate of drug-likeness (QED) is 0.643. The Morgan fingerprint density at radius 2 is 2.04 bits per heavy atom. The van der Waals surface area contributed by atoms with Crippen LogP contribution in [0, 0.1) is 6.92 Å². The molecule has 1 aromatic heterocycles. The van der Waals surface area contributed by atoms with Gasteiger partial charge in [0, 0.05) is 24.2 Å². The summed E-state index contributed by atoms with van der Waals surface area (Å²) in [6, 6.07) is 10.9. The summed E-state index contributed by atoms with van der Waals surface area (Å²) in [5.74, 6) is -0.280. The van der Waals surface area contributed by atoms with Crippen molar-refractivity contribution >= 4 is 50.7 Å². The molecule has 7 heteroatoms. The number of nitrogens with zero attached hydrogens (tertiary/aromatic N) is 2. The number of carbonyl (C=O) groups is 1. The molecule has 0 aliphatic rings. The van der Waals surface area contributed by atoms with E-state index in [9.17, 15) is 4.79 Å². The minimum Gasteiger partial charge on any atom is -0.383 e. The van der Waals surface area contributed by atoms with Crippen molar-refractivity contribution in [1.29, 1.82) is 0 Å². The first-order chi connectivity index (χ1) is 12.0. The summed E-state index contributed by atoms with van der Waals surface area (Å²) < 4.78 is 7.96. The fraction of sp³-hybridized carbons (Fsp3) is 0.222. The molecule has 1 heterocycles. The topological polar surface area (TPSA) is 43.6 Å². The Morgan fingerprint density at radius 1 is 1.28 bits per heavy atom. The predicted octanol–water partition coefficient (Wildman–Crippen LogP) is 4.71. The van der Waals surface area contributed by atoms with Crippen LogP contribution in [0.5, 0.6) is 0 Å². The van der Waals surface area contributed by atoms with Crippen molar-refractivity contribution in [2.24, 2.45) is 4.99 Å². The molecule has 0 spiro atoms. The highest BCUT2D eigenvalue weighted by atomic mass is 35.5. The standard InChI is InChI=1S/C18H16Cl2N2O2S/c1-11-5-3-4-6-13(11)17(23)21-18-22(7-8-24-2)16-14(20)9-12(19)10-15(16)25-18/h3-6,9-10H,7-8H2,1-2H3. The highest BCUT2D eigenvalue weighted by Gasteiger charge is 2.13. The van der Waals surface area contributed by atoms with Gasteiger partial charge in [0.2, 0.25) is 0 Å². The third-order valence-corrected chi connectivity index (χ3v) is 5.32. The van der Waals surface area contributed by atoms with Crippen molar-refractivity contribution in [2.45, 2.75) is 13.5 Å². The van der Waals surface area contributed by atoms with Gasteiger partial charge in [-0.15, -0.1) is 0 Å². The average Bonchev–Trinajstić information content (AvgIpc) is 2.90. The summed E-state index contributed by atoms with van der Waals surface area (Å²) in [6.07, 6.45) is 0. The summed E-state index contributed by atoms with van der Waals surface area (Å²) in [5, 5.41) is 1.08. The van der Waals surface area contributed by atoms with Crippen LogP contribution in [0.3, 0.4) is 0 Å². The number of amides is 1. The fourth-order valence-corrected chi connectivity index (χ4v) is 4.40. The molecule has 0 unspecified atom stereocenters. The van der Waals surface area contributed by atoms with Gasteiger partial charge >= 0.3 is 0 Å². The number of aryl methyl sites for hydroxylation is 1. The Kier molecular flexibility index (Phi) is 5.59. The van der Waals surface area contributed by atoms with Crippen LogP contribution in [0.4, 0.5) is 0 Å². The van der Waals surface area contributed by atoms with Gasteiger partial charge < -0.3 is 9.30 Å². The molecule has 3 aromatic rings. The van der Waals surface area contributed by atoms with Gasteiger partial charge in [-0.3, -0.25) is 4.79 Å². The van der Waals surface area contributed by atoms with Gasteiger partial charge in [0.15, 0.2) is 4.80 Å². The van der Waals surface area contributed by atoms with E-state index < -0.39 is 0 Å². The van der Waals surface area contributed by atoms with Crippen LogP contribution in [0.1, 0.15) is 15.9 Å². The molecule has 2 aromatic carbocycles. The van der Waals surface area contributed by atoms with E-state index in [0.29, 0.717) is 33.6 Å². The molecule has 130 valence electrons. The molecule has 0 aliphatic heterocycles. The molecule has 25 heavy (non-hydrogen) atoms. The first-order valence-corrected chi connectivity index (χ1v) is 9.20. The van der Waals surface area contributed by atoms with Crippen molar-refractivity contribution in [3.05, 3.63) is 62.4 Å². The summed E-state index contributed by atoms with van der Waals surface area (Å²) >= 11 is 13.9. The molecule has 0 fully saturated rings. The molecule has 1 amide bonds. The highest BCUT2D eigenvalue weighted by Crippen LogP contribution is 2.29. The summed E-state index contributed by atoms with van der Waals surface area (Å²) in [5.41, 5.74) is 2.29. The molecule has 0 bridgehead atoms. The van der Waals surface area contributed by atoms with Gasteiger partial charge in [-0.25, -0.2) is 0 Å². The van der Waals surface area contributed by atoms with E-state index in [1.54, 1.807) is 19.2 Å². The third kappa shape index (κ3) is 3.80. The second-order valence-electron chi connectivity index (χ2n) is 5.50. The first-order valence-electron chi connectivity index (χ1n) is 7.63. The Morgan fingerprint density at radius 3 is 2.76 bits per heavy atom. The van der Waals surface area contributed by atoms with Crippen molar-refractivity contribution in [3.63, 3.8) is 0 Å². The largest absolute Gasteiger partial charge is 0.383 e. The number of fused-ring (bicyclic) bond motifs is 1. The van der Waals surface area contributed by atoms with Gasteiger partial charge in [0.1, 0.15) is 0 Å². The molecular weight excluding hydrogens is 379 g/mol. The molecule has 0 saturated carbocycles. The maximum absolute atomic E-state index is 12.6. The van der Waals surface area contributed by atoms with Crippen LogP contribution in [-0.4, -0.2) is 24.2 Å². The van der Waals surface area contributed by atoms with Crippen LogP contribution in [0.25, 0.3) is 10.2 Å². The molecule has 0 saturated heterocycles. The zero-order chi connectivity index (χ0) is 18.0. The number of benzene rings is 2. The SMILES string of the molecule is COCCn1c(=NC(=O)c2ccccc2C)sc2cc(Cl)cc(Cl)c21. The van der Waals surface area contributed by atoms with Gasteiger partial charge in [0.25, 0.3) is 5.91 Å². The summed E-state index contributed by atoms with van der Waals surface area (Å²) in [6.45, 7) is 2.91. The number of rotatable bonds is 4. The van der Waals surface area contributed by atoms with E-state index in [-0.39, 0.29) is 5.91 Å². The van der Waals surface area contributed by atoms with Crippen LogP contribution >= 0.6 is 34.5 Å². The molecule has 0 radical (unpaired) electrons. The van der Waals surface area contributed by atoms with E-state index in [2.05, 4.69) is 4.99 Å². The summed E-state index contributed by atoms with van der Waals surface area (Å²) in [4.78, 5) is 17.5. The van der Waals surface area contributed by atoms with Crippen molar-refractivity contribution in [3.8, 4) is 0 Å². The zero-order valence-corrected chi connectivity index (χ0v) is 16.1. The fourth-order valence-electron chi connectivity index (χ4n) is 2.56. The van der Waals surface area contributed by atoms with E-state index in [0.717, 1.165) is 15.8 Å². The number of carbonyl (C=O) groups excluding carboxylic acids is 1. The number of hydrogen-bond donors (Lipinski definition) is 0. The van der Waals surface area contributed by atoms with Gasteiger partial charge in [0.05, 0.1) is 21.8 Å². The molecule has 0 aliphatic carbocycles. The Bertz CT molecular complexity index is 1010. The number of methoxy groups -OCH3 is 1. The van der Waals surface area contributed by atoms with Crippen LogP contribution in [0.15, 0.2) is 41.4 Å². The lowest BCUT2D eigenvalue weighted by atomic mass is 10.1. The lowest BCUT2D eigenvalue weighted by Gasteiger charge is -2.06. The average molecular weight is 395 g/mol. The normalized spacial score (nSPS) is 12.1. The second-order valence-corrected chi connectivity index (χ2v) is 7.35. The van der Waals surface area contributed by atoms with Crippen LogP contribution in [-0.2, 0) is 11.3 Å². The predicted molar refractivity (Wildman–Crippen MR) is 103 cm³/mol. The maximum Gasteiger partial charge on any atom is 0.279 e. The minimum absolute atomic E-state index is 0.280. The van der Waals surface area contributed by atoms with E-state index in [1.807, 2.05) is 35.8 Å². The minimum atomic E-state index is -0.280. The number of aromatic nitrogens is 1. The maximum atomic E-state index is 12.6. The first kappa shape index (κ1) is 18.1.